The number of carbonyl (C=O) groups excluding carboxylic acids is 2. The summed E-state index contributed by atoms with van der Waals surface area (Å²) in [7, 11) is -14.3. The summed E-state index contributed by atoms with van der Waals surface area (Å²) in [6.07, 6.45) is 16.8. The van der Waals surface area contributed by atoms with E-state index >= 15 is 0 Å². The van der Waals surface area contributed by atoms with Crippen LogP contribution in [0.15, 0.2) is 89.5 Å². The van der Waals surface area contributed by atoms with E-state index < -0.39 is 69.6 Å². The molecule has 4 aromatic rings. The molecule has 1 fully saturated rings. The van der Waals surface area contributed by atoms with Gasteiger partial charge in [0.2, 0.25) is 17.5 Å². The molecule has 25 nitrogen and oxygen atoms in total. The minimum atomic E-state index is -5.78. The zero-order valence-electron chi connectivity index (χ0n) is 52.0. The van der Waals surface area contributed by atoms with Gasteiger partial charge in [-0.15, -0.1) is 0 Å². The Morgan fingerprint density at radius 1 is 0.956 bits per heavy atom. The van der Waals surface area contributed by atoms with Crippen molar-refractivity contribution in [1.82, 2.24) is 30.5 Å². The summed E-state index contributed by atoms with van der Waals surface area (Å²) >= 11 is 5.23. The molecule has 0 bridgehead atoms. The lowest BCUT2D eigenvalue weighted by Crippen LogP contribution is -2.36. The van der Waals surface area contributed by atoms with Crippen molar-refractivity contribution < 1.29 is 74.8 Å². The molecule has 0 spiro atoms. The first kappa shape index (κ1) is 73.6. The first-order chi connectivity index (χ1) is 43.1. The van der Waals surface area contributed by atoms with E-state index in [0.29, 0.717) is 32.1 Å². The van der Waals surface area contributed by atoms with Crippen LogP contribution in [0.1, 0.15) is 114 Å². The zero-order valence-corrected chi connectivity index (χ0v) is 57.9. The van der Waals surface area contributed by atoms with Crippen LogP contribution in [-0.4, -0.2) is 138 Å². The highest BCUT2D eigenvalue weighted by molar-refractivity contribution is 8.76. The quantitative estimate of drug-likeness (QED) is 0.00400. The standard InChI is InChI=1S/C59H82N9O16P3S4/c1-8-66-45-23-16-15-22-43(45)58(3,4)49(66)24-12-9-13-25-50-59(5,6)44-35-41(2)27-28-46(44)67(50)32-18-10-14-26-51(69)61-31-34-89-90-39-79-33-19-11-17-29-62-57(71)63-30-20-21-42-37-68(54-53(42)55(70)65-56(60)64-54)52-36-47(80-40-91(7)88)48(82-52)38-81-86(75,76)84-87(77,78)83-85(72,73)74/h9,12-13,15-16,22-25,27-28,35,37,47-48,52H,8,10-11,14,17-19,26,29-34,36,38-40H2,1-7H3,(H9-,60,61,62,63,64,65,69,70,71,72,73,74,75,76,77,78)/p+1/t47-,48+,52+,91?/m0/s1. The largest absolute Gasteiger partial charge is 0.490 e. The van der Waals surface area contributed by atoms with Crippen LogP contribution in [0, 0.1) is 18.8 Å². The lowest BCUT2D eigenvalue weighted by atomic mass is 9.81. The SMILES string of the molecule is CCN1\C(=C/C=C/C=C/C2=[N+](CCCCCC(=O)NCCSSCOCCCCCNC(=O)NCC#Cc3cn([C@H]4C[C@H](OCS(C)=S)[C@@H](COP(=O)(O)OP(=O)(O)OP(=O)(O)O)O4)c4nc(N)[nH]c(=O)c34)c3ccc(C)cc3C2(C)C)C(C)(C)c2ccccc21. The molecule has 0 aliphatic carbocycles. The Labute approximate surface area is 545 Å². The highest BCUT2D eigenvalue weighted by atomic mass is 33.1. The van der Waals surface area contributed by atoms with Gasteiger partial charge in [-0.2, -0.15) is 18.2 Å². The molecule has 2 aromatic heterocycles. The molecule has 7 rings (SSSR count). The van der Waals surface area contributed by atoms with Gasteiger partial charge in [0.25, 0.3) is 5.56 Å². The van der Waals surface area contributed by atoms with Crippen molar-refractivity contribution in [3.05, 3.63) is 117 Å². The number of aromatic nitrogens is 3. The molecule has 6 atom stereocenters. The smallest absolute Gasteiger partial charge is 0.370 e. The summed E-state index contributed by atoms with van der Waals surface area (Å²) in [6, 6.07) is 15.0. The molecular formula is C59H83N9O16P3S4+. The number of benzene rings is 2. The summed E-state index contributed by atoms with van der Waals surface area (Å²) in [5.41, 5.74) is 14.3. The molecule has 2 aromatic carbocycles. The van der Waals surface area contributed by atoms with Crippen molar-refractivity contribution >= 4 is 112 Å². The van der Waals surface area contributed by atoms with Crippen LogP contribution in [0.3, 0.4) is 0 Å². The number of para-hydroxylation sites is 1. The summed E-state index contributed by atoms with van der Waals surface area (Å²) in [5.74, 6) is 6.86. The number of H-pyrrole nitrogens is 1. The fourth-order valence-corrected chi connectivity index (χ4v) is 16.1. The lowest BCUT2D eigenvalue weighted by molar-refractivity contribution is -0.438. The molecule has 32 heteroatoms. The number of hydrogen-bond acceptors (Lipinski definition) is 18. The van der Waals surface area contributed by atoms with Crippen molar-refractivity contribution in [2.24, 2.45) is 0 Å². The van der Waals surface area contributed by atoms with Gasteiger partial charge in [0.15, 0.2) is 11.4 Å². The maximum atomic E-state index is 13.2. The number of rotatable bonds is 34. The van der Waals surface area contributed by atoms with E-state index in [9.17, 15) is 37.9 Å². The summed E-state index contributed by atoms with van der Waals surface area (Å²) in [4.78, 5) is 84.9. The van der Waals surface area contributed by atoms with Crippen LogP contribution in [0.25, 0.3) is 11.0 Å². The molecule has 0 saturated carbocycles. The Bertz CT molecular complexity index is 3670. The average molecular weight is 1400 g/mol. The van der Waals surface area contributed by atoms with E-state index in [-0.39, 0.29) is 58.2 Å². The molecule has 498 valence electrons. The molecule has 10 N–H and O–H groups in total. The van der Waals surface area contributed by atoms with Gasteiger partial charge in [-0.1, -0.05) is 105 Å². The predicted molar refractivity (Wildman–Crippen MR) is 361 cm³/mol. The summed E-state index contributed by atoms with van der Waals surface area (Å²) < 4.78 is 69.5. The van der Waals surface area contributed by atoms with E-state index in [1.54, 1.807) is 27.8 Å². The number of nitrogens with zero attached hydrogens (tertiary/aromatic N) is 4. The van der Waals surface area contributed by atoms with E-state index in [1.165, 1.54) is 50.2 Å². The molecule has 3 unspecified atom stereocenters. The van der Waals surface area contributed by atoms with Crippen LogP contribution in [0.5, 0.6) is 0 Å². The van der Waals surface area contributed by atoms with E-state index in [2.05, 4.69) is 170 Å². The second-order valence-corrected chi connectivity index (χ2v) is 32.7. The summed E-state index contributed by atoms with van der Waals surface area (Å²) in [6.45, 7) is 16.0. The molecule has 5 heterocycles. The Hall–Kier alpha value is -4.79. The van der Waals surface area contributed by atoms with Crippen LogP contribution in [-0.2, 0) is 77.3 Å². The number of nitrogens with two attached hydrogens (primary N) is 1. The van der Waals surface area contributed by atoms with Gasteiger partial charge in [-0.25, -0.2) is 18.5 Å². The van der Waals surface area contributed by atoms with Crippen LogP contribution in [0.4, 0.5) is 22.1 Å². The Morgan fingerprint density at radius 2 is 1.73 bits per heavy atom. The molecule has 1 saturated heterocycles. The first-order valence-corrected chi connectivity index (χ1v) is 39.4. The number of carbonyl (C=O) groups is 2. The van der Waals surface area contributed by atoms with Crippen LogP contribution < -0.4 is 32.1 Å². The van der Waals surface area contributed by atoms with Crippen molar-refractivity contribution in [3.63, 3.8) is 0 Å². The van der Waals surface area contributed by atoms with Crippen LogP contribution in [0.2, 0.25) is 0 Å². The molecular weight excluding hydrogens is 1310 g/mol. The third-order valence-electron chi connectivity index (χ3n) is 15.2. The monoisotopic (exact) mass is 1390 g/mol. The maximum Gasteiger partial charge on any atom is 0.490 e. The number of anilines is 2. The number of likely N-dealkylation sites (N-methyl/N-ethyl adjacent to an activating group) is 1. The number of fused-ring (bicyclic) bond motifs is 3. The average Bonchev–Trinajstić information content (AvgIpc) is 1.68. The molecule has 3 amide bonds. The molecule has 3 aliphatic rings. The minimum absolute atomic E-state index is 0.0310. The number of aromatic amines is 1. The van der Waals surface area contributed by atoms with E-state index in [4.69, 9.17) is 45.4 Å². The van der Waals surface area contributed by atoms with Gasteiger partial charge in [-0.3, -0.25) is 19.1 Å². The highest BCUT2D eigenvalue weighted by Crippen LogP contribution is 2.66. The number of nitrogen functional groups attached to an aromatic ring is 1. The lowest BCUT2D eigenvalue weighted by Gasteiger charge is -2.25. The Balaban J connectivity index is 0.747. The Morgan fingerprint density at radius 3 is 2.48 bits per heavy atom. The third-order valence-corrected chi connectivity index (χ3v) is 21.8. The number of nitrogens with one attached hydrogen (secondary N) is 4. The number of aryl methyl sites for hydroxylation is 1. The molecule has 0 radical (unpaired) electrons. The number of amides is 3. The Kier molecular flexibility index (Phi) is 27.1. The van der Waals surface area contributed by atoms with Crippen molar-refractivity contribution in [3.8, 4) is 11.8 Å². The number of allylic oxidation sites excluding steroid dienone is 6. The second-order valence-electron chi connectivity index (χ2n) is 22.7. The topological polar surface area (TPSA) is 341 Å². The normalized spacial score (nSPS) is 19.8. The maximum absolute atomic E-state index is 13.2. The zero-order chi connectivity index (χ0) is 66.2. The van der Waals surface area contributed by atoms with Gasteiger partial charge >= 0.3 is 29.5 Å². The number of urea groups is 1. The highest BCUT2D eigenvalue weighted by Gasteiger charge is 2.46. The summed E-state index contributed by atoms with van der Waals surface area (Å²) in [5, 5.41) is 8.54. The van der Waals surface area contributed by atoms with Crippen LogP contribution >= 0.6 is 45.1 Å². The van der Waals surface area contributed by atoms with Gasteiger partial charge in [-0.05, 0) is 101 Å². The van der Waals surface area contributed by atoms with Crippen molar-refractivity contribution in [2.45, 2.75) is 122 Å². The number of ether oxygens (including phenoxy) is 3. The van der Waals surface area contributed by atoms with Gasteiger partial charge in [0.05, 0.1) is 41.6 Å². The fraction of sp³-hybridized carbons (Fsp3) is 0.508. The van der Waals surface area contributed by atoms with E-state index in [0.717, 1.165) is 57.4 Å². The number of phosphoric acid groups is 3. The molecule has 3 aliphatic heterocycles. The third kappa shape index (κ3) is 21.1. The number of hydrogen-bond donors (Lipinski definition) is 9. The van der Waals surface area contributed by atoms with Crippen molar-refractivity contribution in [2.75, 3.05) is 80.5 Å². The van der Waals surface area contributed by atoms with Gasteiger partial charge in [0.1, 0.15) is 24.8 Å². The predicted octanol–water partition coefficient (Wildman–Crippen LogP) is 9.04. The molecule has 91 heavy (non-hydrogen) atoms. The number of unbranched alkanes of at least 4 members (excludes halogenated alkanes) is 4. The fourth-order valence-electron chi connectivity index (χ4n) is 11.0. The number of phosphoric ester groups is 1. The second kappa shape index (κ2) is 33.5. The van der Waals surface area contributed by atoms with E-state index in [1.807, 2.05) is 0 Å². The van der Waals surface area contributed by atoms with Crippen molar-refractivity contribution in [1.29, 1.82) is 0 Å². The van der Waals surface area contributed by atoms with Gasteiger partial charge in [0, 0.05) is 92.0 Å². The first-order valence-electron chi connectivity index (χ1n) is 29.6. The van der Waals surface area contributed by atoms with Gasteiger partial charge < -0.3 is 64.9 Å². The minimum Gasteiger partial charge on any atom is -0.370 e.